The van der Waals surface area contributed by atoms with Crippen molar-refractivity contribution in [1.82, 2.24) is 14.3 Å². The highest BCUT2D eigenvalue weighted by Gasteiger charge is 2.28. The summed E-state index contributed by atoms with van der Waals surface area (Å²) in [5.41, 5.74) is 0.245. The zero-order chi connectivity index (χ0) is 12.5. The van der Waals surface area contributed by atoms with Crippen LogP contribution in [0.5, 0.6) is 0 Å². The Morgan fingerprint density at radius 1 is 1.41 bits per heavy atom. The lowest BCUT2D eigenvalue weighted by atomic mass is 9.93. The van der Waals surface area contributed by atoms with Gasteiger partial charge in [0.1, 0.15) is 5.82 Å². The van der Waals surface area contributed by atoms with E-state index in [0.717, 1.165) is 24.0 Å². The molecule has 0 aromatic carbocycles. The average molecular weight is 254 g/mol. The summed E-state index contributed by atoms with van der Waals surface area (Å²) in [4.78, 5) is 6.76. The topological polar surface area (TPSA) is 41.0 Å². The van der Waals surface area contributed by atoms with Crippen molar-refractivity contribution in [3.63, 3.8) is 0 Å². The van der Waals surface area contributed by atoms with E-state index in [9.17, 15) is 0 Å². The molecule has 0 atom stereocenters. The quantitative estimate of drug-likeness (QED) is 0.846. The summed E-state index contributed by atoms with van der Waals surface area (Å²) in [5, 5.41) is 4.38. The van der Waals surface area contributed by atoms with Crippen LogP contribution in [0.15, 0.2) is 0 Å². The molecule has 0 radical (unpaired) electrons. The van der Waals surface area contributed by atoms with Gasteiger partial charge < -0.3 is 10.2 Å². The predicted molar refractivity (Wildman–Crippen MR) is 72.7 cm³/mol. The van der Waals surface area contributed by atoms with E-state index in [1.165, 1.54) is 24.4 Å². The van der Waals surface area contributed by atoms with Crippen LogP contribution in [-0.4, -0.2) is 41.4 Å². The van der Waals surface area contributed by atoms with E-state index < -0.39 is 0 Å². The Balaban J connectivity index is 1.83. The van der Waals surface area contributed by atoms with Gasteiger partial charge in [-0.15, -0.1) is 0 Å². The number of nitrogens with one attached hydrogen (secondary N) is 1. The van der Waals surface area contributed by atoms with Crippen LogP contribution in [0.1, 0.15) is 38.4 Å². The maximum atomic E-state index is 4.54. The minimum Gasteiger partial charge on any atom is -0.360 e. The fraction of sp³-hybridized carbons (Fsp3) is 0.833. The largest absolute Gasteiger partial charge is 0.360 e. The van der Waals surface area contributed by atoms with Gasteiger partial charge in [0.2, 0.25) is 5.13 Å². The van der Waals surface area contributed by atoms with Gasteiger partial charge in [0.05, 0.1) is 0 Å². The first-order chi connectivity index (χ1) is 7.96. The summed E-state index contributed by atoms with van der Waals surface area (Å²) in [6, 6.07) is 0. The molecule has 0 bridgehead atoms. The second-order valence-corrected chi connectivity index (χ2v) is 6.74. The van der Waals surface area contributed by atoms with E-state index in [4.69, 9.17) is 0 Å². The standard InChI is InChI=1S/C12H22N4S/c1-12(2,8-16(3)4)7-13-11-14-10(15-17-11)9-5-6-9/h9H,5-8H2,1-4H3,(H,13,14,15). The highest BCUT2D eigenvalue weighted by Crippen LogP contribution is 2.39. The van der Waals surface area contributed by atoms with Gasteiger partial charge >= 0.3 is 0 Å². The molecule has 96 valence electrons. The van der Waals surface area contributed by atoms with Crippen LogP contribution < -0.4 is 5.32 Å². The SMILES string of the molecule is CN(C)CC(C)(C)CNc1nc(C2CC2)ns1. The van der Waals surface area contributed by atoms with Gasteiger partial charge in [-0.25, -0.2) is 4.98 Å². The molecule has 1 fully saturated rings. The summed E-state index contributed by atoms with van der Waals surface area (Å²) in [5.74, 6) is 1.69. The molecule has 0 unspecified atom stereocenters. The molecule has 1 saturated carbocycles. The van der Waals surface area contributed by atoms with Crippen molar-refractivity contribution in [2.75, 3.05) is 32.5 Å². The molecule has 0 spiro atoms. The zero-order valence-electron chi connectivity index (χ0n) is 11.2. The van der Waals surface area contributed by atoms with E-state index >= 15 is 0 Å². The molecule has 0 saturated heterocycles. The van der Waals surface area contributed by atoms with Gasteiger partial charge in [-0.3, -0.25) is 0 Å². The molecule has 4 nitrogen and oxygen atoms in total. The summed E-state index contributed by atoms with van der Waals surface area (Å²) in [7, 11) is 4.22. The van der Waals surface area contributed by atoms with E-state index in [0.29, 0.717) is 5.92 Å². The van der Waals surface area contributed by atoms with Crippen molar-refractivity contribution in [1.29, 1.82) is 0 Å². The van der Waals surface area contributed by atoms with Gasteiger partial charge in [-0.1, -0.05) is 13.8 Å². The zero-order valence-corrected chi connectivity index (χ0v) is 12.0. The molecule has 1 aliphatic carbocycles. The molecule has 1 aromatic heterocycles. The van der Waals surface area contributed by atoms with Gasteiger partial charge in [0, 0.05) is 30.5 Å². The molecule has 0 aliphatic heterocycles. The smallest absolute Gasteiger partial charge is 0.202 e. The first kappa shape index (κ1) is 12.8. The summed E-state index contributed by atoms with van der Waals surface area (Å²) in [6.45, 7) is 6.53. The van der Waals surface area contributed by atoms with Crippen LogP contribution in [0, 0.1) is 5.41 Å². The number of anilines is 1. The van der Waals surface area contributed by atoms with Gasteiger partial charge in [-0.2, -0.15) is 4.37 Å². The molecular weight excluding hydrogens is 232 g/mol. The predicted octanol–water partition coefficient (Wildman–Crippen LogP) is 2.42. The normalized spacial score (nSPS) is 16.5. The van der Waals surface area contributed by atoms with Crippen LogP contribution in [0.4, 0.5) is 5.13 Å². The van der Waals surface area contributed by atoms with Crippen molar-refractivity contribution in [2.45, 2.75) is 32.6 Å². The Labute approximate surface area is 108 Å². The fourth-order valence-corrected chi connectivity index (χ4v) is 2.68. The lowest BCUT2D eigenvalue weighted by Gasteiger charge is -2.28. The summed E-state index contributed by atoms with van der Waals surface area (Å²) < 4.78 is 4.40. The van der Waals surface area contributed by atoms with Gasteiger partial charge in [0.15, 0.2) is 0 Å². The maximum Gasteiger partial charge on any atom is 0.202 e. The number of hydrogen-bond acceptors (Lipinski definition) is 5. The highest BCUT2D eigenvalue weighted by atomic mass is 32.1. The Hall–Kier alpha value is -0.680. The first-order valence-electron chi connectivity index (χ1n) is 6.18. The van der Waals surface area contributed by atoms with Crippen LogP contribution in [0.3, 0.4) is 0 Å². The third-order valence-electron chi connectivity index (χ3n) is 2.85. The molecule has 1 aliphatic rings. The van der Waals surface area contributed by atoms with Crippen molar-refractivity contribution in [3.05, 3.63) is 5.82 Å². The van der Waals surface area contributed by atoms with Crippen molar-refractivity contribution in [2.24, 2.45) is 5.41 Å². The molecule has 1 aromatic rings. The Morgan fingerprint density at radius 2 is 2.12 bits per heavy atom. The Bertz CT molecular complexity index is 368. The van der Waals surface area contributed by atoms with Crippen LogP contribution in [0.2, 0.25) is 0 Å². The average Bonchev–Trinajstić information content (AvgIpc) is 2.94. The molecule has 1 N–H and O–H groups in total. The fourth-order valence-electron chi connectivity index (χ4n) is 2.04. The van der Waals surface area contributed by atoms with Crippen LogP contribution >= 0.6 is 11.5 Å². The Kier molecular flexibility index (Phi) is 3.68. The third kappa shape index (κ3) is 3.92. The van der Waals surface area contributed by atoms with Crippen LogP contribution in [-0.2, 0) is 0 Å². The second kappa shape index (κ2) is 4.90. The lowest BCUT2D eigenvalue weighted by molar-refractivity contribution is 0.254. The summed E-state index contributed by atoms with van der Waals surface area (Å²) in [6.07, 6.45) is 2.53. The third-order valence-corrected chi connectivity index (χ3v) is 3.53. The first-order valence-corrected chi connectivity index (χ1v) is 6.96. The molecule has 17 heavy (non-hydrogen) atoms. The number of hydrogen-bond donors (Lipinski definition) is 1. The molecular formula is C12H22N4S. The lowest BCUT2D eigenvalue weighted by Crippen LogP contribution is -2.34. The molecule has 2 rings (SSSR count). The number of aromatic nitrogens is 2. The monoisotopic (exact) mass is 254 g/mol. The second-order valence-electron chi connectivity index (χ2n) is 5.99. The molecule has 0 amide bonds. The summed E-state index contributed by atoms with van der Waals surface area (Å²) >= 11 is 1.49. The Morgan fingerprint density at radius 3 is 2.71 bits per heavy atom. The maximum absolute atomic E-state index is 4.54. The van der Waals surface area contributed by atoms with E-state index in [1.807, 2.05) is 0 Å². The molecule has 1 heterocycles. The van der Waals surface area contributed by atoms with Crippen molar-refractivity contribution >= 4 is 16.7 Å². The highest BCUT2D eigenvalue weighted by molar-refractivity contribution is 7.09. The minimum absolute atomic E-state index is 0.245. The minimum atomic E-state index is 0.245. The van der Waals surface area contributed by atoms with E-state index in [-0.39, 0.29) is 5.41 Å². The number of rotatable bonds is 6. The van der Waals surface area contributed by atoms with Gasteiger partial charge in [0.25, 0.3) is 0 Å². The van der Waals surface area contributed by atoms with Crippen molar-refractivity contribution < 1.29 is 0 Å². The van der Waals surface area contributed by atoms with E-state index in [2.05, 4.69) is 47.5 Å². The van der Waals surface area contributed by atoms with Crippen molar-refractivity contribution in [3.8, 4) is 0 Å². The molecule has 5 heteroatoms. The van der Waals surface area contributed by atoms with Gasteiger partial charge in [-0.05, 0) is 32.4 Å². The van der Waals surface area contributed by atoms with E-state index in [1.54, 1.807) is 0 Å². The number of nitrogens with zero attached hydrogens (tertiary/aromatic N) is 3. The van der Waals surface area contributed by atoms with Crippen LogP contribution in [0.25, 0.3) is 0 Å².